The molecule has 2 aromatic rings. The second-order valence-electron chi connectivity index (χ2n) is 5.79. The topological polar surface area (TPSA) is 51.5 Å². The molecule has 0 radical (unpaired) electrons. The van der Waals surface area contributed by atoms with Crippen LogP contribution in [-0.4, -0.2) is 35.0 Å². The van der Waals surface area contributed by atoms with E-state index in [4.69, 9.17) is 9.84 Å². The maximum absolute atomic E-state index is 12.2. The molecule has 1 heterocycles. The molecule has 2 rings (SSSR count). The van der Waals surface area contributed by atoms with E-state index in [1.807, 2.05) is 47.9 Å². The molecule has 1 N–H and O–H groups in total. The second kappa shape index (κ2) is 8.20. The summed E-state index contributed by atoms with van der Waals surface area (Å²) in [5.74, 6) is -0.919. The first-order valence-electron chi connectivity index (χ1n) is 7.88. The molecule has 4 nitrogen and oxygen atoms in total. The summed E-state index contributed by atoms with van der Waals surface area (Å²) < 4.78 is 43.1. The van der Waals surface area contributed by atoms with Gasteiger partial charge in [0.05, 0.1) is 13.0 Å². The molecule has 1 aromatic carbocycles. The Hall–Kier alpha value is -2.28. The molecule has 0 atom stereocenters. The van der Waals surface area contributed by atoms with Gasteiger partial charge in [-0.2, -0.15) is 13.2 Å². The molecular formula is C18H20F3NO3. The first-order valence-corrected chi connectivity index (χ1v) is 7.88. The van der Waals surface area contributed by atoms with Crippen LogP contribution in [0.2, 0.25) is 0 Å². The maximum atomic E-state index is 12.2. The van der Waals surface area contributed by atoms with E-state index in [2.05, 4.69) is 0 Å². The fraction of sp³-hybridized carbons (Fsp3) is 0.389. The minimum Gasteiger partial charge on any atom is -0.481 e. The molecule has 0 saturated carbocycles. The average Bonchev–Trinajstić information content (AvgIpc) is 2.92. The molecule has 25 heavy (non-hydrogen) atoms. The zero-order valence-corrected chi connectivity index (χ0v) is 13.8. The van der Waals surface area contributed by atoms with Crippen LogP contribution in [0.15, 0.2) is 36.4 Å². The number of hydrogen-bond donors (Lipinski definition) is 1. The van der Waals surface area contributed by atoms with Crippen LogP contribution in [0, 0.1) is 6.92 Å². The Bertz CT molecular complexity index is 705. The number of carboxylic acid groups (broad SMARTS) is 1. The summed E-state index contributed by atoms with van der Waals surface area (Å²) in [4.78, 5) is 10.8. The third kappa shape index (κ3) is 5.94. The number of nitrogens with zero attached hydrogens (tertiary/aromatic N) is 1. The number of carbonyl (C=O) groups is 1. The number of aromatic nitrogens is 1. The lowest BCUT2D eigenvalue weighted by molar-refractivity contribution is -0.174. The van der Waals surface area contributed by atoms with Gasteiger partial charge in [0.1, 0.15) is 6.61 Å². The number of rotatable bonds is 8. The molecule has 0 aliphatic rings. The van der Waals surface area contributed by atoms with Crippen molar-refractivity contribution in [2.24, 2.45) is 0 Å². The number of carboxylic acids is 1. The highest BCUT2D eigenvalue weighted by molar-refractivity contribution is 5.67. The molecular weight excluding hydrogens is 335 g/mol. The molecule has 7 heteroatoms. The lowest BCUT2D eigenvalue weighted by Gasteiger charge is -2.15. The normalized spacial score (nSPS) is 11.7. The van der Waals surface area contributed by atoms with Gasteiger partial charge < -0.3 is 14.4 Å². The van der Waals surface area contributed by atoms with Gasteiger partial charge in [0.25, 0.3) is 0 Å². The van der Waals surface area contributed by atoms with Gasteiger partial charge in [-0.05, 0) is 31.0 Å². The van der Waals surface area contributed by atoms with E-state index < -0.39 is 18.8 Å². The Morgan fingerprint density at radius 2 is 1.84 bits per heavy atom. The third-order valence-electron chi connectivity index (χ3n) is 3.74. The number of alkyl halides is 3. The number of halogens is 3. The smallest absolute Gasteiger partial charge is 0.411 e. The zero-order chi connectivity index (χ0) is 18.4. The number of benzene rings is 1. The number of hydrogen-bond acceptors (Lipinski definition) is 2. The lowest BCUT2D eigenvalue weighted by Crippen LogP contribution is -2.19. The van der Waals surface area contributed by atoms with Crippen LogP contribution in [0.4, 0.5) is 13.2 Å². The van der Waals surface area contributed by atoms with Crippen molar-refractivity contribution < 1.29 is 27.8 Å². The minimum absolute atomic E-state index is 0.0409. The minimum atomic E-state index is -4.36. The van der Waals surface area contributed by atoms with Crippen molar-refractivity contribution in [2.45, 2.75) is 32.5 Å². The standard InChI is InChI=1S/C18H20F3NO3/c1-13-2-4-14(5-3-13)16-8-6-15(7-9-17(23)24)22(16)10-11-25-12-18(19,20)21/h2-6,8H,7,9-12H2,1H3,(H,23,24). The van der Waals surface area contributed by atoms with E-state index >= 15 is 0 Å². The van der Waals surface area contributed by atoms with Crippen molar-refractivity contribution in [1.29, 1.82) is 0 Å². The Labute approximate surface area is 143 Å². The molecule has 0 saturated heterocycles. The highest BCUT2D eigenvalue weighted by atomic mass is 19.4. The summed E-state index contributed by atoms with van der Waals surface area (Å²) in [5, 5.41) is 8.86. The van der Waals surface area contributed by atoms with Crippen LogP contribution in [0.1, 0.15) is 17.7 Å². The molecule has 0 fully saturated rings. The molecule has 1 aromatic heterocycles. The van der Waals surface area contributed by atoms with Crippen LogP contribution >= 0.6 is 0 Å². The van der Waals surface area contributed by atoms with Gasteiger partial charge in [0.15, 0.2) is 0 Å². The fourth-order valence-electron chi connectivity index (χ4n) is 2.55. The van der Waals surface area contributed by atoms with Crippen molar-refractivity contribution in [3.05, 3.63) is 47.7 Å². The van der Waals surface area contributed by atoms with Gasteiger partial charge in [-0.1, -0.05) is 29.8 Å². The predicted octanol–water partition coefficient (Wildman–Crippen LogP) is 4.06. The summed E-state index contributed by atoms with van der Waals surface area (Å²) in [6, 6.07) is 11.4. The highest BCUT2D eigenvalue weighted by Crippen LogP contribution is 2.24. The van der Waals surface area contributed by atoms with Crippen LogP contribution in [0.5, 0.6) is 0 Å². The van der Waals surface area contributed by atoms with Gasteiger partial charge in [-0.25, -0.2) is 0 Å². The largest absolute Gasteiger partial charge is 0.481 e. The van der Waals surface area contributed by atoms with Crippen molar-refractivity contribution in [2.75, 3.05) is 13.2 Å². The van der Waals surface area contributed by atoms with E-state index in [0.717, 1.165) is 22.5 Å². The van der Waals surface area contributed by atoms with Crippen LogP contribution in [0.3, 0.4) is 0 Å². The Balaban J connectivity index is 2.17. The Morgan fingerprint density at radius 3 is 2.44 bits per heavy atom. The van der Waals surface area contributed by atoms with Crippen molar-refractivity contribution in [3.8, 4) is 11.3 Å². The molecule has 0 aliphatic heterocycles. The van der Waals surface area contributed by atoms with Crippen LogP contribution in [0.25, 0.3) is 11.3 Å². The summed E-state index contributed by atoms with van der Waals surface area (Å²) in [5.41, 5.74) is 3.61. The number of aryl methyl sites for hydroxylation is 2. The van der Waals surface area contributed by atoms with Gasteiger partial charge in [0, 0.05) is 17.9 Å². The average molecular weight is 355 g/mol. The number of ether oxygens (including phenoxy) is 1. The summed E-state index contributed by atoms with van der Waals surface area (Å²) in [6.45, 7) is 0.791. The zero-order valence-electron chi connectivity index (χ0n) is 13.8. The van der Waals surface area contributed by atoms with Crippen molar-refractivity contribution in [3.63, 3.8) is 0 Å². The Morgan fingerprint density at radius 1 is 1.16 bits per heavy atom. The summed E-state index contributed by atoms with van der Waals surface area (Å²) in [7, 11) is 0. The Kier molecular flexibility index (Phi) is 6.25. The van der Waals surface area contributed by atoms with Gasteiger partial charge >= 0.3 is 12.1 Å². The molecule has 136 valence electrons. The van der Waals surface area contributed by atoms with Gasteiger partial charge in [-0.15, -0.1) is 0 Å². The summed E-state index contributed by atoms with van der Waals surface area (Å²) in [6.07, 6.45) is -4.09. The SMILES string of the molecule is Cc1ccc(-c2ccc(CCC(=O)O)n2CCOCC(F)(F)F)cc1. The molecule has 0 amide bonds. The first kappa shape index (κ1) is 19.1. The van der Waals surface area contributed by atoms with Gasteiger partial charge in [-0.3, -0.25) is 4.79 Å². The van der Waals surface area contributed by atoms with Gasteiger partial charge in [0.2, 0.25) is 0 Å². The quantitative estimate of drug-likeness (QED) is 0.727. The lowest BCUT2D eigenvalue weighted by atomic mass is 10.1. The number of aliphatic carboxylic acids is 1. The van der Waals surface area contributed by atoms with Crippen LogP contribution in [-0.2, 0) is 22.5 Å². The third-order valence-corrected chi connectivity index (χ3v) is 3.74. The predicted molar refractivity (Wildman–Crippen MR) is 87.4 cm³/mol. The summed E-state index contributed by atoms with van der Waals surface area (Å²) >= 11 is 0. The monoisotopic (exact) mass is 355 g/mol. The molecule has 0 spiro atoms. The molecule has 0 aliphatic carbocycles. The van der Waals surface area contributed by atoms with E-state index in [1.165, 1.54) is 0 Å². The fourth-order valence-corrected chi connectivity index (χ4v) is 2.55. The van der Waals surface area contributed by atoms with E-state index in [0.29, 0.717) is 6.42 Å². The van der Waals surface area contributed by atoms with E-state index in [-0.39, 0.29) is 19.6 Å². The van der Waals surface area contributed by atoms with Crippen molar-refractivity contribution in [1.82, 2.24) is 4.57 Å². The molecule has 0 unspecified atom stereocenters. The second-order valence-corrected chi connectivity index (χ2v) is 5.79. The van der Waals surface area contributed by atoms with Crippen LogP contribution < -0.4 is 0 Å². The maximum Gasteiger partial charge on any atom is 0.411 e. The van der Waals surface area contributed by atoms with E-state index in [9.17, 15) is 18.0 Å². The molecule has 0 bridgehead atoms. The highest BCUT2D eigenvalue weighted by Gasteiger charge is 2.27. The van der Waals surface area contributed by atoms with Crippen molar-refractivity contribution >= 4 is 5.97 Å². The van der Waals surface area contributed by atoms with E-state index in [1.54, 1.807) is 0 Å². The first-order chi connectivity index (χ1) is 11.8.